The molecule has 0 atom stereocenters. The molecule has 0 bridgehead atoms. The summed E-state index contributed by atoms with van der Waals surface area (Å²) < 4.78 is 7.15. The van der Waals surface area contributed by atoms with Crippen LogP contribution in [0.3, 0.4) is 0 Å². The van der Waals surface area contributed by atoms with Gasteiger partial charge in [0.2, 0.25) is 0 Å². The first kappa shape index (κ1) is 20.5. The van der Waals surface area contributed by atoms with Crippen LogP contribution in [-0.4, -0.2) is 27.2 Å². The van der Waals surface area contributed by atoms with Crippen molar-refractivity contribution in [1.29, 1.82) is 0 Å². The molecule has 0 radical (unpaired) electrons. The van der Waals surface area contributed by atoms with E-state index in [0.717, 1.165) is 28.3 Å². The summed E-state index contributed by atoms with van der Waals surface area (Å²) in [4.78, 5) is 16.4. The Morgan fingerprint density at radius 1 is 1.17 bits per heavy atom. The Hall–Kier alpha value is -3.19. The minimum atomic E-state index is -0.336. The van der Waals surface area contributed by atoms with E-state index in [1.54, 1.807) is 25.3 Å². The minimum absolute atomic E-state index is 0.336. The smallest absolute Gasteiger partial charge is 0.338 e. The molecule has 2 N–H and O–H groups in total. The van der Waals surface area contributed by atoms with Crippen molar-refractivity contribution in [1.82, 2.24) is 14.9 Å². The lowest BCUT2D eigenvalue weighted by Gasteiger charge is -2.16. The van der Waals surface area contributed by atoms with Crippen LogP contribution in [0.5, 0.6) is 0 Å². The van der Waals surface area contributed by atoms with Crippen LogP contribution in [0, 0.1) is 13.8 Å². The third kappa shape index (κ3) is 4.81. The van der Waals surface area contributed by atoms with Crippen LogP contribution in [0.25, 0.3) is 5.69 Å². The van der Waals surface area contributed by atoms with E-state index in [2.05, 4.69) is 27.8 Å². The molecule has 0 unspecified atom stereocenters. The number of aromatic nitrogens is 2. The number of rotatable bonds is 6. The van der Waals surface area contributed by atoms with Crippen LogP contribution in [0.2, 0.25) is 0 Å². The van der Waals surface area contributed by atoms with Crippen molar-refractivity contribution >= 4 is 29.0 Å². The lowest BCUT2D eigenvalue weighted by Crippen LogP contribution is -2.29. The van der Waals surface area contributed by atoms with Gasteiger partial charge in [0, 0.05) is 24.6 Å². The van der Waals surface area contributed by atoms with Crippen LogP contribution in [0.4, 0.5) is 5.69 Å². The van der Waals surface area contributed by atoms with Gasteiger partial charge >= 0.3 is 5.97 Å². The summed E-state index contributed by atoms with van der Waals surface area (Å²) in [5, 5.41) is 6.90. The molecule has 0 aliphatic carbocycles. The summed E-state index contributed by atoms with van der Waals surface area (Å²) >= 11 is 5.47. The second-order valence-corrected chi connectivity index (χ2v) is 6.89. The highest BCUT2D eigenvalue weighted by Crippen LogP contribution is 2.20. The molecule has 2 aromatic carbocycles. The molecule has 3 rings (SSSR count). The molecular formula is C22H24N4O2S. The highest BCUT2D eigenvalue weighted by atomic mass is 32.1. The van der Waals surface area contributed by atoms with Gasteiger partial charge < -0.3 is 19.9 Å². The summed E-state index contributed by atoms with van der Waals surface area (Å²) in [7, 11) is 0. The number of anilines is 1. The quantitative estimate of drug-likeness (QED) is 0.472. The third-order valence-electron chi connectivity index (χ3n) is 4.59. The molecule has 0 fully saturated rings. The van der Waals surface area contributed by atoms with Crippen LogP contribution in [0.1, 0.15) is 34.2 Å². The van der Waals surface area contributed by atoms with Gasteiger partial charge in [-0.3, -0.25) is 0 Å². The predicted octanol–water partition coefficient (Wildman–Crippen LogP) is 4.15. The molecule has 7 heteroatoms. The van der Waals surface area contributed by atoms with E-state index in [4.69, 9.17) is 17.0 Å². The number of carbonyl (C=O) groups excluding carboxylic acids is 1. The fourth-order valence-corrected chi connectivity index (χ4v) is 3.25. The van der Waals surface area contributed by atoms with Crippen molar-refractivity contribution in [3.05, 3.63) is 77.4 Å². The van der Waals surface area contributed by atoms with E-state index >= 15 is 0 Å². The zero-order valence-corrected chi connectivity index (χ0v) is 17.5. The molecule has 29 heavy (non-hydrogen) atoms. The molecule has 3 aromatic rings. The fraction of sp³-hybridized carbons (Fsp3) is 0.227. The zero-order chi connectivity index (χ0) is 20.8. The van der Waals surface area contributed by atoms with Crippen LogP contribution >= 0.6 is 12.2 Å². The van der Waals surface area contributed by atoms with Crippen molar-refractivity contribution in [2.45, 2.75) is 27.3 Å². The van der Waals surface area contributed by atoms with E-state index in [0.29, 0.717) is 23.8 Å². The Morgan fingerprint density at radius 2 is 1.97 bits per heavy atom. The molecule has 0 saturated heterocycles. The average molecular weight is 409 g/mol. The molecular weight excluding hydrogens is 384 g/mol. The SMILES string of the molecule is CCOC(=O)c1cccc(NC(=S)NCc2ccccc2-n2ccnc2C)c1C. The number of nitrogens with one attached hydrogen (secondary N) is 2. The van der Waals surface area contributed by atoms with E-state index in [9.17, 15) is 4.79 Å². The van der Waals surface area contributed by atoms with Gasteiger partial charge in [0.25, 0.3) is 0 Å². The van der Waals surface area contributed by atoms with Gasteiger partial charge in [-0.25, -0.2) is 9.78 Å². The van der Waals surface area contributed by atoms with Gasteiger partial charge in [0.1, 0.15) is 5.82 Å². The van der Waals surface area contributed by atoms with Crippen molar-refractivity contribution in [3.8, 4) is 5.69 Å². The lowest BCUT2D eigenvalue weighted by molar-refractivity contribution is 0.0525. The topological polar surface area (TPSA) is 68.2 Å². The van der Waals surface area contributed by atoms with Gasteiger partial charge in [-0.15, -0.1) is 0 Å². The van der Waals surface area contributed by atoms with Gasteiger partial charge in [0.15, 0.2) is 5.11 Å². The monoisotopic (exact) mass is 408 g/mol. The molecule has 0 aliphatic heterocycles. The Balaban J connectivity index is 1.70. The molecule has 1 aromatic heterocycles. The summed E-state index contributed by atoms with van der Waals surface area (Å²) in [6, 6.07) is 13.5. The number of benzene rings is 2. The number of ether oxygens (including phenoxy) is 1. The summed E-state index contributed by atoms with van der Waals surface area (Å²) in [6.45, 7) is 6.52. The second-order valence-electron chi connectivity index (χ2n) is 6.48. The molecule has 1 heterocycles. The standard InChI is InChI=1S/C22H24N4O2S/c1-4-28-21(27)18-9-7-10-19(15(18)2)25-22(29)24-14-17-8-5-6-11-20(17)26-13-12-23-16(26)3/h5-13H,4,14H2,1-3H3,(H2,24,25,29). The van der Waals surface area contributed by atoms with Gasteiger partial charge in [-0.1, -0.05) is 24.3 Å². The lowest BCUT2D eigenvalue weighted by atomic mass is 10.1. The maximum atomic E-state index is 12.1. The molecule has 150 valence electrons. The normalized spacial score (nSPS) is 10.4. The summed E-state index contributed by atoms with van der Waals surface area (Å²) in [5.74, 6) is 0.585. The number of hydrogen-bond acceptors (Lipinski definition) is 4. The van der Waals surface area contributed by atoms with Gasteiger partial charge in [-0.05, 0) is 62.3 Å². The number of thiocarbonyl (C=S) groups is 1. The van der Waals surface area contributed by atoms with Crippen molar-refractivity contribution < 1.29 is 9.53 Å². The Labute approximate surface area is 175 Å². The van der Waals surface area contributed by atoms with Crippen LogP contribution in [-0.2, 0) is 11.3 Å². The Morgan fingerprint density at radius 3 is 2.69 bits per heavy atom. The van der Waals surface area contributed by atoms with Crippen LogP contribution < -0.4 is 10.6 Å². The second kappa shape index (κ2) is 9.34. The van der Waals surface area contributed by atoms with Crippen molar-refractivity contribution in [2.24, 2.45) is 0 Å². The Bertz CT molecular complexity index is 1030. The number of hydrogen-bond donors (Lipinski definition) is 2. The van der Waals surface area contributed by atoms with Gasteiger partial charge in [0.05, 0.1) is 17.9 Å². The maximum absolute atomic E-state index is 12.1. The van der Waals surface area contributed by atoms with Crippen molar-refractivity contribution in [2.75, 3.05) is 11.9 Å². The van der Waals surface area contributed by atoms with E-state index < -0.39 is 0 Å². The predicted molar refractivity (Wildman–Crippen MR) is 118 cm³/mol. The van der Waals surface area contributed by atoms with Crippen LogP contribution in [0.15, 0.2) is 54.9 Å². The first-order valence-electron chi connectivity index (χ1n) is 9.41. The molecule has 0 aliphatic rings. The highest BCUT2D eigenvalue weighted by Gasteiger charge is 2.13. The number of nitrogens with zero attached hydrogens (tertiary/aromatic N) is 2. The molecule has 0 saturated carbocycles. The number of aryl methyl sites for hydroxylation is 1. The van der Waals surface area contributed by atoms with E-state index in [1.807, 2.05) is 42.8 Å². The average Bonchev–Trinajstić information content (AvgIpc) is 3.14. The molecule has 0 amide bonds. The molecule has 6 nitrogen and oxygen atoms in total. The first-order valence-corrected chi connectivity index (χ1v) is 9.82. The van der Waals surface area contributed by atoms with Crippen molar-refractivity contribution in [3.63, 3.8) is 0 Å². The highest BCUT2D eigenvalue weighted by molar-refractivity contribution is 7.80. The zero-order valence-electron chi connectivity index (χ0n) is 16.7. The summed E-state index contributed by atoms with van der Waals surface area (Å²) in [5.41, 5.74) is 4.24. The first-order chi connectivity index (χ1) is 14.0. The molecule has 0 spiro atoms. The fourth-order valence-electron chi connectivity index (χ4n) is 3.07. The van der Waals surface area contributed by atoms with E-state index in [-0.39, 0.29) is 5.97 Å². The number of para-hydroxylation sites is 1. The van der Waals surface area contributed by atoms with Gasteiger partial charge in [-0.2, -0.15) is 0 Å². The minimum Gasteiger partial charge on any atom is -0.462 e. The summed E-state index contributed by atoms with van der Waals surface area (Å²) in [6.07, 6.45) is 3.72. The number of imidazole rings is 1. The Kier molecular flexibility index (Phi) is 6.61. The number of esters is 1. The third-order valence-corrected chi connectivity index (χ3v) is 4.84. The van der Waals surface area contributed by atoms with E-state index in [1.165, 1.54) is 0 Å². The maximum Gasteiger partial charge on any atom is 0.338 e. The number of carbonyl (C=O) groups is 1. The largest absolute Gasteiger partial charge is 0.462 e.